The number of aliphatic hydroxyl groups is 2. The number of aliphatic hydroxyl groups excluding tert-OH is 2. The number of nitrogens with one attached hydrogen (secondary N) is 1. The van der Waals surface area contributed by atoms with E-state index < -0.39 is 40.8 Å². The first kappa shape index (κ1) is 35.3. The van der Waals surface area contributed by atoms with Crippen LogP contribution >= 0.6 is 0 Å². The smallest absolute Gasteiger partial charge is 0.380 e. The van der Waals surface area contributed by atoms with Gasteiger partial charge in [-0.1, -0.05) is 103 Å². The molecule has 0 aromatic heterocycles. The molecule has 0 aromatic rings. The second-order valence-electron chi connectivity index (χ2n) is 10.1. The Labute approximate surface area is 228 Å². The second-order valence-corrected chi connectivity index (χ2v) is 10.1. The summed E-state index contributed by atoms with van der Waals surface area (Å²) >= 11 is 0. The highest BCUT2D eigenvalue weighted by Crippen LogP contribution is 2.22. The van der Waals surface area contributed by atoms with Crippen molar-refractivity contribution < 1.29 is 38.9 Å². The van der Waals surface area contributed by atoms with Crippen molar-refractivity contribution in [2.24, 2.45) is 5.41 Å². The summed E-state index contributed by atoms with van der Waals surface area (Å²) in [5.41, 5.74) is -2.09. The third-order valence-electron chi connectivity index (χ3n) is 6.43. The molecule has 0 aliphatic heterocycles. The fourth-order valence-corrected chi connectivity index (χ4v) is 3.88. The maximum atomic E-state index is 12.5. The van der Waals surface area contributed by atoms with Crippen LogP contribution in [-0.2, 0) is 28.7 Å². The number of unbranched alkanes of at least 4 members (excludes halogenated alkanes) is 15. The van der Waals surface area contributed by atoms with E-state index in [4.69, 9.17) is 10.2 Å². The number of carbonyl (C=O) groups excluding carboxylic acids is 4. The van der Waals surface area contributed by atoms with E-state index in [-0.39, 0.29) is 6.54 Å². The van der Waals surface area contributed by atoms with Gasteiger partial charge in [0.2, 0.25) is 0 Å². The van der Waals surface area contributed by atoms with Crippen molar-refractivity contribution in [3.8, 4) is 0 Å². The van der Waals surface area contributed by atoms with Gasteiger partial charge in [-0.25, -0.2) is 9.59 Å². The van der Waals surface area contributed by atoms with Crippen LogP contribution in [0.4, 0.5) is 0 Å². The van der Waals surface area contributed by atoms with Crippen molar-refractivity contribution >= 4 is 23.9 Å². The van der Waals surface area contributed by atoms with Crippen LogP contribution in [-0.4, -0.2) is 47.2 Å². The summed E-state index contributed by atoms with van der Waals surface area (Å²) in [6.07, 6.45) is 20.0. The third kappa shape index (κ3) is 16.2. The van der Waals surface area contributed by atoms with Gasteiger partial charge in [0.1, 0.15) is 0 Å². The van der Waals surface area contributed by atoms with Gasteiger partial charge in [-0.05, 0) is 33.0 Å². The Morgan fingerprint density at radius 1 is 0.632 bits per heavy atom. The lowest BCUT2D eigenvalue weighted by atomic mass is 9.90. The molecule has 0 aliphatic carbocycles. The van der Waals surface area contributed by atoms with Crippen LogP contribution in [0.1, 0.15) is 117 Å². The largest absolute Gasteiger partial charge is 0.502 e. The van der Waals surface area contributed by atoms with Crippen molar-refractivity contribution in [3.63, 3.8) is 0 Å². The Bertz CT molecular complexity index is 722. The molecule has 0 atom stereocenters. The molecular weight excluding hydrogens is 490 g/mol. The Hall–Kier alpha value is -2.68. The van der Waals surface area contributed by atoms with E-state index >= 15 is 0 Å². The molecule has 9 heteroatoms. The maximum Gasteiger partial charge on any atom is 0.380 e. The molecule has 0 aliphatic rings. The summed E-state index contributed by atoms with van der Waals surface area (Å²) < 4.78 is 8.93. The molecule has 218 valence electrons. The Balaban J connectivity index is 4.14. The van der Waals surface area contributed by atoms with E-state index in [0.717, 1.165) is 32.6 Å². The van der Waals surface area contributed by atoms with Crippen molar-refractivity contribution in [2.45, 2.75) is 117 Å². The van der Waals surface area contributed by atoms with Crippen LogP contribution < -0.4 is 5.32 Å². The summed E-state index contributed by atoms with van der Waals surface area (Å²) in [5, 5.41) is 21.1. The zero-order valence-corrected chi connectivity index (χ0v) is 23.5. The first-order valence-electron chi connectivity index (χ1n) is 14.1. The summed E-state index contributed by atoms with van der Waals surface area (Å²) in [4.78, 5) is 47.9. The maximum absolute atomic E-state index is 12.5. The number of hydrogen-bond acceptors (Lipinski definition) is 9. The summed E-state index contributed by atoms with van der Waals surface area (Å²) in [5.74, 6) is -7.56. The molecule has 38 heavy (non-hydrogen) atoms. The molecule has 0 heterocycles. The molecule has 0 fully saturated rings. The van der Waals surface area contributed by atoms with Gasteiger partial charge in [-0.2, -0.15) is 0 Å². The number of carbonyl (C=O) groups is 4. The van der Waals surface area contributed by atoms with Crippen LogP contribution in [0.2, 0.25) is 0 Å². The molecule has 3 N–H and O–H groups in total. The fourth-order valence-electron chi connectivity index (χ4n) is 3.88. The topological polar surface area (TPSA) is 139 Å². The van der Waals surface area contributed by atoms with Gasteiger partial charge in [-0.15, -0.1) is 0 Å². The van der Waals surface area contributed by atoms with Crippen LogP contribution in [0.25, 0.3) is 0 Å². The van der Waals surface area contributed by atoms with E-state index in [2.05, 4.69) is 34.9 Å². The van der Waals surface area contributed by atoms with Crippen molar-refractivity contribution in [3.05, 3.63) is 24.7 Å². The summed E-state index contributed by atoms with van der Waals surface area (Å²) in [6.45, 7) is 9.47. The van der Waals surface area contributed by atoms with Gasteiger partial charge in [0.25, 0.3) is 0 Å². The van der Waals surface area contributed by atoms with Crippen molar-refractivity contribution in [2.75, 3.05) is 13.1 Å². The highest BCUT2D eigenvalue weighted by Gasteiger charge is 2.46. The number of rotatable bonds is 23. The zero-order chi connectivity index (χ0) is 28.8. The normalized spacial score (nSPS) is 11.1. The SMILES string of the molecule is C=C(O)C(=O)OC(=O)C(C)(CNCCCCCCCCCCCCCCCCCC)C(=O)OC(=O)C(=C)O. The fraction of sp³-hybridized carbons (Fsp3) is 0.724. The first-order chi connectivity index (χ1) is 18.1. The molecule has 0 unspecified atom stereocenters. The highest BCUT2D eigenvalue weighted by molar-refractivity contribution is 6.08. The van der Waals surface area contributed by atoms with Crippen molar-refractivity contribution in [1.29, 1.82) is 0 Å². The predicted molar refractivity (Wildman–Crippen MR) is 146 cm³/mol. The second kappa shape index (κ2) is 21.3. The molecule has 9 nitrogen and oxygen atoms in total. The number of hydrogen-bond donors (Lipinski definition) is 3. The zero-order valence-electron chi connectivity index (χ0n) is 23.5. The number of esters is 4. The molecule has 0 rings (SSSR count). The van der Waals surface area contributed by atoms with E-state index in [0.29, 0.717) is 6.54 Å². The van der Waals surface area contributed by atoms with Gasteiger partial charge in [0.15, 0.2) is 16.9 Å². The molecule has 0 saturated heterocycles. The Kier molecular flexibility index (Phi) is 19.8. The minimum atomic E-state index is -2.09. The van der Waals surface area contributed by atoms with Gasteiger partial charge >= 0.3 is 23.9 Å². The average molecular weight is 540 g/mol. The van der Waals surface area contributed by atoms with Gasteiger partial charge in [0, 0.05) is 6.54 Å². The van der Waals surface area contributed by atoms with Crippen LogP contribution in [0, 0.1) is 5.41 Å². The van der Waals surface area contributed by atoms with Gasteiger partial charge in [-0.3, -0.25) is 9.59 Å². The van der Waals surface area contributed by atoms with E-state index in [1.165, 1.54) is 77.0 Å². The van der Waals surface area contributed by atoms with Crippen molar-refractivity contribution in [1.82, 2.24) is 5.32 Å². The Morgan fingerprint density at radius 3 is 1.26 bits per heavy atom. The first-order valence-corrected chi connectivity index (χ1v) is 14.1. The third-order valence-corrected chi connectivity index (χ3v) is 6.43. The molecule has 0 aromatic carbocycles. The molecular formula is C29H49NO8. The standard InChI is InChI=1S/C29H49NO8/c1-5-6-7-8-9-10-11-12-13-14-15-16-17-18-19-20-21-30-22-29(4,27(35)37-25(33)23(2)31)28(36)38-26(34)24(3)32/h30-32H,2-3,5-22H2,1,4H3. The number of ether oxygens (including phenoxy) is 2. The minimum absolute atomic E-state index is 0.292. The van der Waals surface area contributed by atoms with E-state index in [1.807, 2.05) is 0 Å². The quantitative estimate of drug-likeness (QED) is 0.0460. The predicted octanol–water partition coefficient (Wildman–Crippen LogP) is 6.13. The average Bonchev–Trinajstić information content (AvgIpc) is 2.87. The van der Waals surface area contributed by atoms with E-state index in [9.17, 15) is 19.2 Å². The highest BCUT2D eigenvalue weighted by atomic mass is 16.6. The molecule has 0 saturated carbocycles. The molecule has 0 bridgehead atoms. The summed E-state index contributed by atoms with van der Waals surface area (Å²) in [7, 11) is 0. The van der Waals surface area contributed by atoms with Crippen LogP contribution in [0.5, 0.6) is 0 Å². The molecule has 0 spiro atoms. The molecule has 0 radical (unpaired) electrons. The van der Waals surface area contributed by atoms with Gasteiger partial charge in [0.05, 0.1) is 0 Å². The monoisotopic (exact) mass is 539 g/mol. The van der Waals surface area contributed by atoms with Crippen LogP contribution in [0.15, 0.2) is 24.7 Å². The minimum Gasteiger partial charge on any atom is -0.502 e. The molecule has 0 amide bonds. The van der Waals surface area contributed by atoms with Gasteiger partial charge < -0.3 is 25.0 Å². The van der Waals surface area contributed by atoms with Crippen LogP contribution in [0.3, 0.4) is 0 Å². The summed E-state index contributed by atoms with van der Waals surface area (Å²) in [6, 6.07) is 0. The lowest BCUT2D eigenvalue weighted by Gasteiger charge is -2.24. The lowest BCUT2D eigenvalue weighted by molar-refractivity contribution is -0.177. The Morgan fingerprint density at radius 2 is 0.947 bits per heavy atom. The lowest BCUT2D eigenvalue weighted by Crippen LogP contribution is -2.48. The van der Waals surface area contributed by atoms with E-state index in [1.54, 1.807) is 0 Å².